The maximum Gasteiger partial charge on any atom is 0.129 e. The van der Waals surface area contributed by atoms with Crippen LogP contribution in [-0.2, 0) is 0 Å². The van der Waals surface area contributed by atoms with E-state index < -0.39 is 0 Å². The highest BCUT2D eigenvalue weighted by molar-refractivity contribution is 5.68. The molecule has 90 valence electrons. The second kappa shape index (κ2) is 5.11. The zero-order valence-electron chi connectivity index (χ0n) is 9.97. The van der Waals surface area contributed by atoms with E-state index in [1.165, 1.54) is 0 Å². The van der Waals surface area contributed by atoms with Gasteiger partial charge in [-0.05, 0) is 36.4 Å². The lowest BCUT2D eigenvalue weighted by molar-refractivity contribution is 0.483. The topological polar surface area (TPSA) is 71.1 Å². The Labute approximate surface area is 106 Å². The molecule has 2 aromatic carbocycles. The van der Waals surface area contributed by atoms with E-state index in [0.717, 1.165) is 5.69 Å². The van der Waals surface area contributed by atoms with Crippen LogP contribution in [0.1, 0.15) is 5.56 Å². The third kappa shape index (κ3) is 2.53. The maximum atomic E-state index is 8.70. The second-order valence-corrected chi connectivity index (χ2v) is 3.74. The Bertz CT molecular complexity index is 585. The molecule has 0 atom stereocenters. The number of nitrogens with two attached hydrogens (primary N) is 1. The molecule has 4 heteroatoms. The van der Waals surface area contributed by atoms with E-state index in [2.05, 4.69) is 11.4 Å². The van der Waals surface area contributed by atoms with E-state index >= 15 is 0 Å². The number of nitrogens with zero attached hydrogens (tertiary/aromatic N) is 1. The van der Waals surface area contributed by atoms with Crippen LogP contribution in [0.3, 0.4) is 0 Å². The third-order valence-corrected chi connectivity index (χ3v) is 2.51. The second-order valence-electron chi connectivity index (χ2n) is 3.74. The van der Waals surface area contributed by atoms with E-state index in [0.29, 0.717) is 22.7 Å². The Morgan fingerprint density at radius 2 is 1.78 bits per heavy atom. The molecule has 0 saturated heterocycles. The summed E-state index contributed by atoms with van der Waals surface area (Å²) in [7, 11) is 1.80. The fourth-order valence-electron chi connectivity index (χ4n) is 1.55. The quantitative estimate of drug-likeness (QED) is 0.808. The highest BCUT2D eigenvalue weighted by atomic mass is 16.5. The zero-order valence-corrected chi connectivity index (χ0v) is 9.97. The fourth-order valence-corrected chi connectivity index (χ4v) is 1.55. The van der Waals surface area contributed by atoms with Crippen LogP contribution < -0.4 is 15.8 Å². The van der Waals surface area contributed by atoms with Crippen molar-refractivity contribution >= 4 is 11.4 Å². The fraction of sp³-hybridized carbons (Fsp3) is 0.0714. The van der Waals surface area contributed by atoms with E-state index in [1.54, 1.807) is 43.4 Å². The van der Waals surface area contributed by atoms with Gasteiger partial charge in [0.15, 0.2) is 0 Å². The predicted octanol–water partition coefficient (Wildman–Crippen LogP) is 2.97. The molecule has 18 heavy (non-hydrogen) atoms. The van der Waals surface area contributed by atoms with Gasteiger partial charge < -0.3 is 15.8 Å². The Hall–Kier alpha value is -2.67. The first-order chi connectivity index (χ1) is 8.72. The van der Waals surface area contributed by atoms with Gasteiger partial charge in [0.25, 0.3) is 0 Å². The largest absolute Gasteiger partial charge is 0.457 e. The molecule has 0 unspecified atom stereocenters. The molecule has 2 aromatic rings. The van der Waals surface area contributed by atoms with Crippen molar-refractivity contribution in [2.24, 2.45) is 0 Å². The van der Waals surface area contributed by atoms with E-state index in [4.69, 9.17) is 15.7 Å². The molecule has 0 bridgehead atoms. The van der Waals surface area contributed by atoms with Crippen LogP contribution in [0.4, 0.5) is 11.4 Å². The normalized spacial score (nSPS) is 9.56. The molecule has 0 spiro atoms. The summed E-state index contributed by atoms with van der Waals surface area (Å²) in [6.45, 7) is 0. The highest BCUT2D eigenvalue weighted by Crippen LogP contribution is 2.28. The number of anilines is 2. The first kappa shape index (κ1) is 11.8. The van der Waals surface area contributed by atoms with Gasteiger partial charge in [-0.3, -0.25) is 0 Å². The van der Waals surface area contributed by atoms with Crippen molar-refractivity contribution in [3.63, 3.8) is 0 Å². The minimum atomic E-state index is 0.607. The average Bonchev–Trinajstić information content (AvgIpc) is 2.42. The van der Waals surface area contributed by atoms with Gasteiger partial charge in [0.2, 0.25) is 0 Å². The number of rotatable bonds is 3. The summed E-state index contributed by atoms with van der Waals surface area (Å²) < 4.78 is 5.67. The van der Waals surface area contributed by atoms with Crippen LogP contribution in [0.2, 0.25) is 0 Å². The van der Waals surface area contributed by atoms with Crippen molar-refractivity contribution in [3.8, 4) is 17.6 Å². The van der Waals surface area contributed by atoms with Crippen molar-refractivity contribution in [3.05, 3.63) is 48.0 Å². The van der Waals surface area contributed by atoms with E-state index in [-0.39, 0.29) is 0 Å². The van der Waals surface area contributed by atoms with E-state index in [9.17, 15) is 0 Å². The molecule has 0 aliphatic carbocycles. The third-order valence-electron chi connectivity index (χ3n) is 2.51. The summed E-state index contributed by atoms with van der Waals surface area (Å²) in [5, 5.41) is 11.7. The number of hydrogen-bond donors (Lipinski definition) is 2. The van der Waals surface area contributed by atoms with Gasteiger partial charge in [0.05, 0.1) is 23.0 Å². The number of ether oxygens (including phenoxy) is 1. The number of nitriles is 1. The van der Waals surface area contributed by atoms with Crippen molar-refractivity contribution in [1.29, 1.82) is 5.26 Å². The van der Waals surface area contributed by atoms with Gasteiger partial charge in [-0.1, -0.05) is 0 Å². The van der Waals surface area contributed by atoms with Crippen molar-refractivity contribution in [2.45, 2.75) is 0 Å². The Balaban J connectivity index is 2.20. The summed E-state index contributed by atoms with van der Waals surface area (Å²) in [4.78, 5) is 0. The van der Waals surface area contributed by atoms with Crippen LogP contribution in [0.15, 0.2) is 42.5 Å². The maximum absolute atomic E-state index is 8.70. The zero-order chi connectivity index (χ0) is 13.0. The molecule has 0 heterocycles. The van der Waals surface area contributed by atoms with Gasteiger partial charge in [-0.15, -0.1) is 0 Å². The standard InChI is InChI=1S/C14H13N3O/c1-17-14-8-12(6-7-13(14)16)18-11-4-2-10(9-15)3-5-11/h2-8,17H,16H2,1H3. The van der Waals surface area contributed by atoms with Gasteiger partial charge in [-0.25, -0.2) is 0 Å². The summed E-state index contributed by atoms with van der Waals surface area (Å²) >= 11 is 0. The minimum absolute atomic E-state index is 0.607. The minimum Gasteiger partial charge on any atom is -0.457 e. The van der Waals surface area contributed by atoms with Crippen LogP contribution in [-0.4, -0.2) is 7.05 Å². The Kier molecular flexibility index (Phi) is 3.35. The lowest BCUT2D eigenvalue weighted by Crippen LogP contribution is -1.96. The molecular weight excluding hydrogens is 226 g/mol. The summed E-state index contributed by atoms with van der Waals surface area (Å²) in [6.07, 6.45) is 0. The molecule has 0 aromatic heterocycles. The van der Waals surface area contributed by atoms with Crippen LogP contribution in [0.25, 0.3) is 0 Å². The van der Waals surface area contributed by atoms with Gasteiger partial charge in [0.1, 0.15) is 11.5 Å². The molecule has 0 radical (unpaired) electrons. The Morgan fingerprint density at radius 1 is 1.11 bits per heavy atom. The van der Waals surface area contributed by atoms with Crippen LogP contribution in [0.5, 0.6) is 11.5 Å². The highest BCUT2D eigenvalue weighted by Gasteiger charge is 2.02. The van der Waals surface area contributed by atoms with E-state index in [1.807, 2.05) is 6.07 Å². The van der Waals surface area contributed by atoms with Crippen LogP contribution in [0, 0.1) is 11.3 Å². The van der Waals surface area contributed by atoms with Crippen LogP contribution >= 0.6 is 0 Å². The van der Waals surface area contributed by atoms with Gasteiger partial charge in [-0.2, -0.15) is 5.26 Å². The van der Waals surface area contributed by atoms with Gasteiger partial charge in [0, 0.05) is 13.1 Å². The lowest BCUT2D eigenvalue weighted by atomic mass is 10.2. The van der Waals surface area contributed by atoms with Crippen molar-refractivity contribution < 1.29 is 4.74 Å². The van der Waals surface area contributed by atoms with Crippen molar-refractivity contribution in [2.75, 3.05) is 18.1 Å². The molecule has 0 aliphatic rings. The van der Waals surface area contributed by atoms with Gasteiger partial charge >= 0.3 is 0 Å². The number of hydrogen-bond acceptors (Lipinski definition) is 4. The molecular formula is C14H13N3O. The molecule has 0 amide bonds. The Morgan fingerprint density at radius 3 is 2.39 bits per heavy atom. The molecule has 4 nitrogen and oxygen atoms in total. The predicted molar refractivity (Wildman–Crippen MR) is 71.6 cm³/mol. The molecule has 0 fully saturated rings. The monoisotopic (exact) mass is 239 g/mol. The average molecular weight is 239 g/mol. The first-order valence-electron chi connectivity index (χ1n) is 5.48. The number of nitrogens with one attached hydrogen (secondary N) is 1. The number of benzene rings is 2. The summed E-state index contributed by atoms with van der Waals surface area (Å²) in [5.74, 6) is 1.37. The number of nitrogen functional groups attached to an aromatic ring is 1. The van der Waals surface area contributed by atoms with Crippen molar-refractivity contribution in [1.82, 2.24) is 0 Å². The lowest BCUT2D eigenvalue weighted by Gasteiger charge is -2.09. The SMILES string of the molecule is CNc1cc(Oc2ccc(C#N)cc2)ccc1N. The summed E-state index contributed by atoms with van der Waals surface area (Å²) in [5.41, 5.74) is 7.88. The molecule has 2 rings (SSSR count). The molecule has 3 N–H and O–H groups in total. The molecule has 0 saturated carbocycles. The first-order valence-corrected chi connectivity index (χ1v) is 5.48. The summed E-state index contributed by atoms with van der Waals surface area (Å²) in [6, 6.07) is 14.4. The smallest absolute Gasteiger partial charge is 0.129 e. The molecule has 0 aliphatic heterocycles.